The van der Waals surface area contributed by atoms with Crippen LogP contribution in [0.1, 0.15) is 29.7 Å². The first-order valence-electron chi connectivity index (χ1n) is 7.40. The number of piperidine rings is 1. The molecule has 8 nitrogen and oxygen atoms in total. The zero-order chi connectivity index (χ0) is 17.1. The van der Waals surface area contributed by atoms with Gasteiger partial charge in [-0.25, -0.2) is 4.68 Å². The van der Waals surface area contributed by atoms with E-state index in [4.69, 9.17) is 11.0 Å². The van der Waals surface area contributed by atoms with Gasteiger partial charge in [0.05, 0.1) is 5.69 Å². The summed E-state index contributed by atoms with van der Waals surface area (Å²) in [5.74, 6) is -0.802. The number of hydrogen-bond donors (Lipinski definition) is 1. The maximum atomic E-state index is 12.3. The zero-order valence-corrected chi connectivity index (χ0v) is 13.2. The number of nitrogens with two attached hydrogens (primary N) is 1. The van der Waals surface area contributed by atoms with Crippen LogP contribution in [0.15, 0.2) is 4.79 Å². The molecule has 1 aromatic rings. The Balaban J connectivity index is 2.13. The Morgan fingerprint density at radius 2 is 1.96 bits per heavy atom. The van der Waals surface area contributed by atoms with Gasteiger partial charge in [0.1, 0.15) is 18.2 Å². The van der Waals surface area contributed by atoms with Gasteiger partial charge in [-0.1, -0.05) is 0 Å². The minimum Gasteiger partial charge on any atom is -0.369 e. The molecule has 0 aliphatic carbocycles. The number of primary amides is 1. The van der Waals surface area contributed by atoms with E-state index < -0.39 is 5.56 Å². The van der Waals surface area contributed by atoms with Gasteiger partial charge in [-0.3, -0.25) is 14.4 Å². The molecule has 122 valence electrons. The smallest absolute Gasteiger partial charge is 0.285 e. The second-order valence-corrected chi connectivity index (χ2v) is 5.72. The maximum Gasteiger partial charge on any atom is 0.285 e. The van der Waals surface area contributed by atoms with Crippen LogP contribution in [-0.4, -0.2) is 39.6 Å². The van der Waals surface area contributed by atoms with E-state index in [1.807, 2.05) is 6.07 Å². The molecule has 0 bridgehead atoms. The average molecular weight is 317 g/mol. The first-order valence-corrected chi connectivity index (χ1v) is 7.40. The van der Waals surface area contributed by atoms with Gasteiger partial charge in [-0.05, 0) is 32.3 Å². The van der Waals surface area contributed by atoms with E-state index in [0.717, 1.165) is 4.68 Å². The summed E-state index contributed by atoms with van der Waals surface area (Å²) < 4.78 is 1.03. The van der Waals surface area contributed by atoms with Crippen LogP contribution in [0.2, 0.25) is 0 Å². The fraction of sp³-hybridized carbons (Fsp3) is 0.533. The number of nitriles is 1. The van der Waals surface area contributed by atoms with Crippen LogP contribution < -0.4 is 11.3 Å². The Morgan fingerprint density at radius 3 is 2.48 bits per heavy atom. The molecule has 1 aliphatic rings. The molecule has 2 rings (SSSR count). The molecule has 0 radical (unpaired) electrons. The third-order valence-electron chi connectivity index (χ3n) is 4.28. The highest BCUT2D eigenvalue weighted by molar-refractivity contribution is 5.78. The molecule has 0 atom stereocenters. The number of aryl methyl sites for hydroxylation is 1. The first kappa shape index (κ1) is 16.7. The lowest BCUT2D eigenvalue weighted by atomic mass is 9.96. The lowest BCUT2D eigenvalue weighted by Crippen LogP contribution is -2.44. The van der Waals surface area contributed by atoms with Crippen LogP contribution in [-0.2, 0) is 16.1 Å². The van der Waals surface area contributed by atoms with Gasteiger partial charge in [-0.15, -0.1) is 0 Å². The van der Waals surface area contributed by atoms with Crippen molar-refractivity contribution >= 4 is 11.8 Å². The monoisotopic (exact) mass is 317 g/mol. The first-order chi connectivity index (χ1) is 10.8. The molecule has 0 saturated carbocycles. The lowest BCUT2D eigenvalue weighted by Gasteiger charge is -2.30. The van der Waals surface area contributed by atoms with E-state index >= 15 is 0 Å². The quantitative estimate of drug-likeness (QED) is 0.802. The maximum absolute atomic E-state index is 12.3. The Labute approximate surface area is 133 Å². The fourth-order valence-electron chi connectivity index (χ4n) is 2.65. The summed E-state index contributed by atoms with van der Waals surface area (Å²) in [7, 11) is 0. The normalized spacial score (nSPS) is 15.3. The molecule has 2 heterocycles. The minimum atomic E-state index is -0.559. The number of nitrogens with zero attached hydrogens (tertiary/aromatic N) is 4. The van der Waals surface area contributed by atoms with Crippen molar-refractivity contribution < 1.29 is 9.59 Å². The molecule has 2 amide bonds. The summed E-state index contributed by atoms with van der Waals surface area (Å²) in [6.45, 7) is 3.99. The molecule has 8 heteroatoms. The number of amides is 2. The standard InChI is InChI=1S/C15H19N5O3/c1-9-10(2)18-20(15(23)12(9)7-16)8-13(21)19-5-3-11(4-6-19)14(17)22/h11H,3-6,8H2,1-2H3,(H2,17,22). The minimum absolute atomic E-state index is 0.0118. The molecule has 0 spiro atoms. The third-order valence-corrected chi connectivity index (χ3v) is 4.28. The van der Waals surface area contributed by atoms with Crippen molar-refractivity contribution in [3.63, 3.8) is 0 Å². The van der Waals surface area contributed by atoms with Gasteiger partial charge in [0.25, 0.3) is 5.56 Å². The van der Waals surface area contributed by atoms with E-state index in [2.05, 4.69) is 5.10 Å². The number of likely N-dealkylation sites (tertiary alicyclic amines) is 1. The molecule has 23 heavy (non-hydrogen) atoms. The van der Waals surface area contributed by atoms with Crippen molar-refractivity contribution in [2.45, 2.75) is 33.2 Å². The van der Waals surface area contributed by atoms with Gasteiger partial charge in [0.2, 0.25) is 11.8 Å². The SMILES string of the molecule is Cc1nn(CC(=O)N2CCC(C(N)=O)CC2)c(=O)c(C#N)c1C. The largest absolute Gasteiger partial charge is 0.369 e. The molecular formula is C15H19N5O3. The van der Waals surface area contributed by atoms with Crippen molar-refractivity contribution in [2.75, 3.05) is 13.1 Å². The van der Waals surface area contributed by atoms with Crippen LogP contribution in [0, 0.1) is 31.1 Å². The predicted molar refractivity (Wildman–Crippen MR) is 81.2 cm³/mol. The molecule has 1 aliphatic heterocycles. The van der Waals surface area contributed by atoms with Crippen molar-refractivity contribution in [1.29, 1.82) is 5.26 Å². The van der Waals surface area contributed by atoms with Crippen LogP contribution in [0.3, 0.4) is 0 Å². The second-order valence-electron chi connectivity index (χ2n) is 5.72. The average Bonchev–Trinajstić information content (AvgIpc) is 2.53. The van der Waals surface area contributed by atoms with E-state index in [-0.39, 0.29) is 29.8 Å². The number of aromatic nitrogens is 2. The fourth-order valence-corrected chi connectivity index (χ4v) is 2.65. The Bertz CT molecular complexity index is 739. The van der Waals surface area contributed by atoms with Gasteiger partial charge >= 0.3 is 0 Å². The summed E-state index contributed by atoms with van der Waals surface area (Å²) in [5, 5.41) is 13.2. The molecule has 0 aromatic carbocycles. The molecule has 1 fully saturated rings. The zero-order valence-electron chi connectivity index (χ0n) is 13.2. The van der Waals surface area contributed by atoms with Crippen molar-refractivity contribution in [1.82, 2.24) is 14.7 Å². The van der Waals surface area contributed by atoms with E-state index in [0.29, 0.717) is 37.2 Å². The number of hydrogen-bond acceptors (Lipinski definition) is 5. The molecule has 1 aromatic heterocycles. The second kappa shape index (κ2) is 6.60. The predicted octanol–water partition coefficient (Wildman–Crippen LogP) is -0.544. The Hall–Kier alpha value is -2.69. The summed E-state index contributed by atoms with van der Waals surface area (Å²) in [4.78, 5) is 37.2. The Morgan fingerprint density at radius 1 is 1.35 bits per heavy atom. The summed E-state index contributed by atoms with van der Waals surface area (Å²) in [5.41, 5.74) is 5.79. The van der Waals surface area contributed by atoms with Gasteiger partial charge in [0, 0.05) is 19.0 Å². The van der Waals surface area contributed by atoms with Crippen LogP contribution >= 0.6 is 0 Å². The summed E-state index contributed by atoms with van der Waals surface area (Å²) in [6, 6.07) is 1.87. The third kappa shape index (κ3) is 3.39. The topological polar surface area (TPSA) is 122 Å². The van der Waals surface area contributed by atoms with Crippen LogP contribution in [0.5, 0.6) is 0 Å². The molecule has 1 saturated heterocycles. The van der Waals surface area contributed by atoms with Crippen LogP contribution in [0.25, 0.3) is 0 Å². The molecular weight excluding hydrogens is 298 g/mol. The lowest BCUT2D eigenvalue weighted by molar-refractivity contribution is -0.135. The highest BCUT2D eigenvalue weighted by Gasteiger charge is 2.26. The highest BCUT2D eigenvalue weighted by atomic mass is 16.2. The van der Waals surface area contributed by atoms with E-state index in [9.17, 15) is 14.4 Å². The number of carbonyl (C=O) groups is 2. The highest BCUT2D eigenvalue weighted by Crippen LogP contribution is 2.16. The summed E-state index contributed by atoms with van der Waals surface area (Å²) in [6.07, 6.45) is 1.06. The molecule has 2 N–H and O–H groups in total. The van der Waals surface area contributed by atoms with Gasteiger partial charge in [0.15, 0.2) is 0 Å². The number of rotatable bonds is 3. The number of carbonyl (C=O) groups excluding carboxylic acids is 2. The molecule has 0 unspecified atom stereocenters. The van der Waals surface area contributed by atoms with E-state index in [1.54, 1.807) is 18.7 Å². The van der Waals surface area contributed by atoms with Gasteiger partial charge in [-0.2, -0.15) is 10.4 Å². The van der Waals surface area contributed by atoms with Crippen molar-refractivity contribution in [3.05, 3.63) is 27.2 Å². The van der Waals surface area contributed by atoms with Gasteiger partial charge < -0.3 is 10.6 Å². The van der Waals surface area contributed by atoms with Crippen molar-refractivity contribution in [2.24, 2.45) is 11.7 Å². The van der Waals surface area contributed by atoms with Crippen LogP contribution in [0.4, 0.5) is 0 Å². The Kier molecular flexibility index (Phi) is 4.79. The van der Waals surface area contributed by atoms with Crippen molar-refractivity contribution in [3.8, 4) is 6.07 Å². The summed E-state index contributed by atoms with van der Waals surface area (Å²) >= 11 is 0. The van der Waals surface area contributed by atoms with E-state index in [1.165, 1.54) is 0 Å².